The summed E-state index contributed by atoms with van der Waals surface area (Å²) in [6.45, 7) is 3.66. The van der Waals surface area contributed by atoms with Crippen molar-refractivity contribution in [2.75, 3.05) is 7.05 Å². The fraction of sp³-hybridized carbons (Fsp3) is 0.417. The molecule has 1 unspecified atom stereocenters. The zero-order chi connectivity index (χ0) is 12.1. The molecule has 1 aromatic rings. The molecular weight excluding hydrogens is 202 g/mol. The molecule has 1 atom stereocenters. The van der Waals surface area contributed by atoms with Crippen LogP contribution in [0.15, 0.2) is 18.3 Å². The SMILES string of the molecule is Cc1ncccc1C(=O)N(C)C(C)CC#N. The van der Waals surface area contributed by atoms with Crippen molar-refractivity contribution in [3.8, 4) is 6.07 Å². The maximum Gasteiger partial charge on any atom is 0.255 e. The number of aryl methyl sites for hydroxylation is 1. The van der Waals surface area contributed by atoms with E-state index < -0.39 is 0 Å². The van der Waals surface area contributed by atoms with Gasteiger partial charge in [0.1, 0.15) is 0 Å². The molecule has 0 saturated heterocycles. The van der Waals surface area contributed by atoms with E-state index in [1.54, 1.807) is 37.2 Å². The number of nitriles is 1. The first kappa shape index (κ1) is 12.2. The molecule has 1 aromatic heterocycles. The standard InChI is InChI=1S/C12H15N3O/c1-9(6-7-13)15(3)12(16)11-5-4-8-14-10(11)2/h4-5,8-9H,6H2,1-3H3. The first-order valence-corrected chi connectivity index (χ1v) is 5.13. The largest absolute Gasteiger partial charge is 0.338 e. The highest BCUT2D eigenvalue weighted by molar-refractivity contribution is 5.95. The van der Waals surface area contributed by atoms with Gasteiger partial charge in [-0.3, -0.25) is 9.78 Å². The summed E-state index contributed by atoms with van der Waals surface area (Å²) in [6, 6.07) is 5.46. The van der Waals surface area contributed by atoms with E-state index in [1.165, 1.54) is 0 Å². The van der Waals surface area contributed by atoms with E-state index in [0.717, 1.165) is 0 Å². The molecule has 1 amide bonds. The van der Waals surface area contributed by atoms with Crippen molar-refractivity contribution >= 4 is 5.91 Å². The van der Waals surface area contributed by atoms with Crippen molar-refractivity contribution in [1.29, 1.82) is 5.26 Å². The molecule has 84 valence electrons. The second-order valence-corrected chi connectivity index (χ2v) is 3.76. The molecule has 0 bridgehead atoms. The van der Waals surface area contributed by atoms with Crippen molar-refractivity contribution in [2.45, 2.75) is 26.3 Å². The Morgan fingerprint density at radius 1 is 1.69 bits per heavy atom. The summed E-state index contributed by atoms with van der Waals surface area (Å²) in [5.74, 6) is -0.0895. The van der Waals surface area contributed by atoms with E-state index in [9.17, 15) is 4.79 Å². The van der Waals surface area contributed by atoms with Crippen LogP contribution in [0, 0.1) is 18.3 Å². The number of carbonyl (C=O) groups is 1. The second kappa shape index (κ2) is 5.26. The average molecular weight is 217 g/mol. The van der Waals surface area contributed by atoms with Crippen molar-refractivity contribution in [3.05, 3.63) is 29.6 Å². The van der Waals surface area contributed by atoms with Gasteiger partial charge in [0.2, 0.25) is 0 Å². The predicted octanol–water partition coefficient (Wildman–Crippen LogP) is 1.76. The summed E-state index contributed by atoms with van der Waals surface area (Å²) in [5.41, 5.74) is 1.30. The number of carbonyl (C=O) groups excluding carboxylic acids is 1. The van der Waals surface area contributed by atoms with E-state index in [4.69, 9.17) is 5.26 Å². The first-order valence-electron chi connectivity index (χ1n) is 5.13. The quantitative estimate of drug-likeness (QED) is 0.775. The molecule has 1 rings (SSSR count). The third kappa shape index (κ3) is 2.57. The summed E-state index contributed by atoms with van der Waals surface area (Å²) in [6.07, 6.45) is 1.99. The minimum absolute atomic E-state index is 0.0860. The number of amides is 1. The summed E-state index contributed by atoms with van der Waals surface area (Å²) < 4.78 is 0. The Labute approximate surface area is 95.5 Å². The van der Waals surface area contributed by atoms with Crippen LogP contribution in [0.1, 0.15) is 29.4 Å². The van der Waals surface area contributed by atoms with E-state index in [1.807, 2.05) is 6.92 Å². The fourth-order valence-electron chi connectivity index (χ4n) is 1.37. The molecule has 0 radical (unpaired) electrons. The highest BCUT2D eigenvalue weighted by atomic mass is 16.2. The van der Waals surface area contributed by atoms with Crippen LogP contribution in [0.3, 0.4) is 0 Å². The lowest BCUT2D eigenvalue weighted by Gasteiger charge is -2.23. The van der Waals surface area contributed by atoms with Gasteiger partial charge in [0, 0.05) is 25.0 Å². The minimum Gasteiger partial charge on any atom is -0.338 e. The molecular formula is C12H15N3O. The third-order valence-electron chi connectivity index (χ3n) is 2.61. The molecule has 0 aliphatic rings. The number of hydrogen-bond acceptors (Lipinski definition) is 3. The summed E-state index contributed by atoms with van der Waals surface area (Å²) >= 11 is 0. The Hall–Kier alpha value is -1.89. The molecule has 0 aliphatic heterocycles. The maximum atomic E-state index is 12.1. The topological polar surface area (TPSA) is 57.0 Å². The third-order valence-corrected chi connectivity index (χ3v) is 2.61. The summed E-state index contributed by atoms with van der Waals surface area (Å²) in [5, 5.41) is 8.59. The van der Waals surface area contributed by atoms with Crippen LogP contribution >= 0.6 is 0 Å². The number of aromatic nitrogens is 1. The Kier molecular flexibility index (Phi) is 4.01. The molecule has 0 aromatic carbocycles. The van der Waals surface area contributed by atoms with Crippen molar-refractivity contribution in [1.82, 2.24) is 9.88 Å². The molecule has 16 heavy (non-hydrogen) atoms. The Bertz CT molecular complexity index is 423. The average Bonchev–Trinajstić information content (AvgIpc) is 2.28. The zero-order valence-corrected chi connectivity index (χ0v) is 9.77. The van der Waals surface area contributed by atoms with Crippen LogP contribution in [0.2, 0.25) is 0 Å². The van der Waals surface area contributed by atoms with Gasteiger partial charge in [-0.05, 0) is 26.0 Å². The molecule has 0 aliphatic carbocycles. The van der Waals surface area contributed by atoms with Crippen LogP contribution in [-0.2, 0) is 0 Å². The fourth-order valence-corrected chi connectivity index (χ4v) is 1.37. The van der Waals surface area contributed by atoms with E-state index in [-0.39, 0.29) is 11.9 Å². The highest BCUT2D eigenvalue weighted by Gasteiger charge is 2.18. The molecule has 4 heteroatoms. The van der Waals surface area contributed by atoms with Gasteiger partial charge in [-0.15, -0.1) is 0 Å². The maximum absolute atomic E-state index is 12.1. The first-order chi connectivity index (χ1) is 7.57. The van der Waals surface area contributed by atoms with Gasteiger partial charge in [0.15, 0.2) is 0 Å². The molecule has 4 nitrogen and oxygen atoms in total. The van der Waals surface area contributed by atoms with Crippen LogP contribution in [0.5, 0.6) is 0 Å². The smallest absolute Gasteiger partial charge is 0.255 e. The van der Waals surface area contributed by atoms with Crippen molar-refractivity contribution in [2.24, 2.45) is 0 Å². The minimum atomic E-state index is -0.0895. The summed E-state index contributed by atoms with van der Waals surface area (Å²) in [4.78, 5) is 17.7. The van der Waals surface area contributed by atoms with Gasteiger partial charge in [-0.1, -0.05) is 0 Å². The molecule has 0 N–H and O–H groups in total. The van der Waals surface area contributed by atoms with E-state index in [0.29, 0.717) is 17.7 Å². The second-order valence-electron chi connectivity index (χ2n) is 3.76. The van der Waals surface area contributed by atoms with Gasteiger partial charge < -0.3 is 4.90 Å². The summed E-state index contributed by atoms with van der Waals surface area (Å²) in [7, 11) is 1.71. The van der Waals surface area contributed by atoms with Crippen LogP contribution in [0.4, 0.5) is 0 Å². The Morgan fingerprint density at radius 3 is 2.94 bits per heavy atom. The van der Waals surface area contributed by atoms with Gasteiger partial charge in [-0.25, -0.2) is 0 Å². The zero-order valence-electron chi connectivity index (χ0n) is 9.77. The van der Waals surface area contributed by atoms with E-state index >= 15 is 0 Å². The normalized spacial score (nSPS) is 11.6. The van der Waals surface area contributed by atoms with Crippen LogP contribution < -0.4 is 0 Å². The molecule has 1 heterocycles. The number of pyridine rings is 1. The Balaban J connectivity index is 2.87. The molecule has 0 saturated carbocycles. The van der Waals surface area contributed by atoms with Gasteiger partial charge >= 0.3 is 0 Å². The monoisotopic (exact) mass is 217 g/mol. The van der Waals surface area contributed by atoms with Gasteiger partial charge in [-0.2, -0.15) is 5.26 Å². The lowest BCUT2D eigenvalue weighted by Crippen LogP contribution is -2.35. The lowest BCUT2D eigenvalue weighted by atomic mass is 10.1. The van der Waals surface area contributed by atoms with Crippen LogP contribution in [0.25, 0.3) is 0 Å². The van der Waals surface area contributed by atoms with Gasteiger partial charge in [0.05, 0.1) is 18.1 Å². The molecule has 0 spiro atoms. The number of rotatable bonds is 3. The van der Waals surface area contributed by atoms with Crippen molar-refractivity contribution < 1.29 is 4.79 Å². The number of nitrogens with zero attached hydrogens (tertiary/aromatic N) is 3. The predicted molar refractivity (Wildman–Crippen MR) is 60.8 cm³/mol. The number of hydrogen-bond donors (Lipinski definition) is 0. The van der Waals surface area contributed by atoms with E-state index in [2.05, 4.69) is 11.1 Å². The van der Waals surface area contributed by atoms with Crippen LogP contribution in [-0.4, -0.2) is 28.9 Å². The Morgan fingerprint density at radius 2 is 2.38 bits per heavy atom. The highest BCUT2D eigenvalue weighted by Crippen LogP contribution is 2.10. The lowest BCUT2D eigenvalue weighted by molar-refractivity contribution is 0.0745. The molecule has 0 fully saturated rings. The van der Waals surface area contributed by atoms with Gasteiger partial charge in [0.25, 0.3) is 5.91 Å². The van der Waals surface area contributed by atoms with Crippen molar-refractivity contribution in [3.63, 3.8) is 0 Å².